The number of nitrogens with zero attached hydrogens (tertiary/aromatic N) is 2. The van der Waals surface area contributed by atoms with Crippen LogP contribution in [0.2, 0.25) is 0 Å². The van der Waals surface area contributed by atoms with Crippen LogP contribution in [0.1, 0.15) is 13.3 Å². The SMILES string of the molecule is CC1CC(CN)CN1CC(=O)Nc1ccccc1[N+](=O)[O-].Cl. The lowest BCUT2D eigenvalue weighted by atomic mass is 10.1. The maximum atomic E-state index is 12.1. The number of nitro groups is 1. The zero-order valence-corrected chi connectivity index (χ0v) is 13.2. The first kappa shape index (κ1) is 18.3. The largest absolute Gasteiger partial charge is 0.330 e. The summed E-state index contributed by atoms with van der Waals surface area (Å²) < 4.78 is 0. The predicted octanol–water partition coefficient (Wildman–Crippen LogP) is 1.62. The minimum absolute atomic E-state index is 0. The third-order valence-corrected chi connectivity index (χ3v) is 3.85. The minimum Gasteiger partial charge on any atom is -0.330 e. The van der Waals surface area contributed by atoms with Gasteiger partial charge in [-0.15, -0.1) is 12.4 Å². The summed E-state index contributed by atoms with van der Waals surface area (Å²) in [5.74, 6) is 0.174. The van der Waals surface area contributed by atoms with E-state index in [0.29, 0.717) is 18.5 Å². The van der Waals surface area contributed by atoms with Crippen molar-refractivity contribution in [2.45, 2.75) is 19.4 Å². The van der Waals surface area contributed by atoms with E-state index >= 15 is 0 Å². The van der Waals surface area contributed by atoms with E-state index in [9.17, 15) is 14.9 Å². The quantitative estimate of drug-likeness (QED) is 0.631. The third kappa shape index (κ3) is 4.40. The van der Waals surface area contributed by atoms with E-state index in [1.165, 1.54) is 12.1 Å². The molecule has 2 rings (SSSR count). The molecule has 1 aliphatic heterocycles. The topological polar surface area (TPSA) is 102 Å². The van der Waals surface area contributed by atoms with Gasteiger partial charge in [0, 0.05) is 18.7 Å². The van der Waals surface area contributed by atoms with Crippen LogP contribution in [-0.2, 0) is 4.79 Å². The first-order valence-electron chi connectivity index (χ1n) is 6.98. The molecule has 1 aromatic carbocycles. The molecule has 1 saturated heterocycles. The molecule has 1 amide bonds. The Morgan fingerprint density at radius 2 is 2.18 bits per heavy atom. The minimum atomic E-state index is -0.501. The Morgan fingerprint density at radius 3 is 2.77 bits per heavy atom. The van der Waals surface area contributed by atoms with Crippen molar-refractivity contribution >= 4 is 29.7 Å². The van der Waals surface area contributed by atoms with Crippen LogP contribution in [0.3, 0.4) is 0 Å². The van der Waals surface area contributed by atoms with Crippen molar-refractivity contribution < 1.29 is 9.72 Å². The first-order valence-corrected chi connectivity index (χ1v) is 6.98. The number of nitrogens with one attached hydrogen (secondary N) is 1. The van der Waals surface area contributed by atoms with Crippen molar-refractivity contribution in [1.29, 1.82) is 0 Å². The maximum Gasteiger partial charge on any atom is 0.292 e. The molecular weight excluding hydrogens is 308 g/mol. The summed E-state index contributed by atoms with van der Waals surface area (Å²) in [6.07, 6.45) is 0.981. The fourth-order valence-corrected chi connectivity index (χ4v) is 2.72. The number of carbonyl (C=O) groups excluding carboxylic acids is 1. The highest BCUT2D eigenvalue weighted by Crippen LogP contribution is 2.24. The lowest BCUT2D eigenvalue weighted by Gasteiger charge is -2.20. The Labute approximate surface area is 135 Å². The first-order chi connectivity index (χ1) is 10.0. The summed E-state index contributed by atoms with van der Waals surface area (Å²) in [5, 5.41) is 13.5. The summed E-state index contributed by atoms with van der Waals surface area (Å²) in [6.45, 7) is 3.70. The molecule has 0 radical (unpaired) electrons. The van der Waals surface area contributed by atoms with Crippen LogP contribution >= 0.6 is 12.4 Å². The number of hydrogen-bond donors (Lipinski definition) is 2. The summed E-state index contributed by atoms with van der Waals surface area (Å²) in [6, 6.07) is 6.44. The predicted molar refractivity (Wildman–Crippen MR) is 87.2 cm³/mol. The summed E-state index contributed by atoms with van der Waals surface area (Å²) in [7, 11) is 0. The van der Waals surface area contributed by atoms with Gasteiger partial charge in [0.25, 0.3) is 5.69 Å². The zero-order chi connectivity index (χ0) is 15.4. The van der Waals surface area contributed by atoms with Gasteiger partial charge in [-0.05, 0) is 31.9 Å². The zero-order valence-electron chi connectivity index (χ0n) is 12.4. The standard InChI is InChI=1S/C14H20N4O3.ClH/c1-10-6-11(7-15)8-17(10)9-14(19)16-12-4-2-3-5-13(12)18(20)21;/h2-5,10-11H,6-9,15H2,1H3,(H,16,19);1H. The smallest absolute Gasteiger partial charge is 0.292 e. The Hall–Kier alpha value is -1.70. The number of nitro benzene ring substituents is 1. The molecule has 2 atom stereocenters. The molecule has 1 fully saturated rings. The van der Waals surface area contributed by atoms with E-state index in [1.54, 1.807) is 12.1 Å². The summed E-state index contributed by atoms with van der Waals surface area (Å²) in [4.78, 5) is 24.5. The van der Waals surface area contributed by atoms with Gasteiger partial charge in [-0.1, -0.05) is 12.1 Å². The molecule has 122 valence electrons. The van der Waals surface area contributed by atoms with Crippen molar-refractivity contribution in [2.75, 3.05) is 25.0 Å². The van der Waals surface area contributed by atoms with Gasteiger partial charge in [0.1, 0.15) is 5.69 Å². The molecule has 1 heterocycles. The van der Waals surface area contributed by atoms with Crippen LogP contribution in [-0.4, -0.2) is 41.4 Å². The Morgan fingerprint density at radius 1 is 1.50 bits per heavy atom. The highest BCUT2D eigenvalue weighted by Gasteiger charge is 2.29. The third-order valence-electron chi connectivity index (χ3n) is 3.85. The van der Waals surface area contributed by atoms with Gasteiger partial charge in [-0.25, -0.2) is 0 Å². The average molecular weight is 329 g/mol. The molecule has 0 saturated carbocycles. The van der Waals surface area contributed by atoms with E-state index in [4.69, 9.17) is 5.73 Å². The molecule has 0 bridgehead atoms. The number of benzene rings is 1. The maximum absolute atomic E-state index is 12.1. The summed E-state index contributed by atoms with van der Waals surface area (Å²) >= 11 is 0. The van der Waals surface area contributed by atoms with Gasteiger partial charge < -0.3 is 11.1 Å². The highest BCUT2D eigenvalue weighted by atomic mass is 35.5. The van der Waals surface area contributed by atoms with E-state index in [-0.39, 0.29) is 36.2 Å². The Balaban J connectivity index is 0.00000242. The lowest BCUT2D eigenvalue weighted by molar-refractivity contribution is -0.383. The van der Waals surface area contributed by atoms with Crippen LogP contribution in [0.4, 0.5) is 11.4 Å². The summed E-state index contributed by atoms with van der Waals surface area (Å²) in [5.41, 5.74) is 5.80. The molecule has 2 unspecified atom stereocenters. The molecule has 0 aliphatic carbocycles. The number of carbonyl (C=O) groups is 1. The second kappa shape index (κ2) is 8.07. The van der Waals surface area contributed by atoms with Crippen LogP contribution in [0.25, 0.3) is 0 Å². The second-order valence-corrected chi connectivity index (χ2v) is 5.44. The molecule has 0 aromatic heterocycles. The van der Waals surface area contributed by atoms with Crippen molar-refractivity contribution in [1.82, 2.24) is 4.90 Å². The van der Waals surface area contributed by atoms with Gasteiger partial charge in [0.05, 0.1) is 11.5 Å². The van der Waals surface area contributed by atoms with Crippen LogP contribution in [0.5, 0.6) is 0 Å². The van der Waals surface area contributed by atoms with Gasteiger partial charge in [-0.2, -0.15) is 0 Å². The van der Waals surface area contributed by atoms with Crippen molar-refractivity contribution in [3.8, 4) is 0 Å². The van der Waals surface area contributed by atoms with Crippen LogP contribution < -0.4 is 11.1 Å². The second-order valence-electron chi connectivity index (χ2n) is 5.44. The highest BCUT2D eigenvalue weighted by molar-refractivity contribution is 5.94. The van der Waals surface area contributed by atoms with E-state index in [2.05, 4.69) is 17.1 Å². The molecule has 0 spiro atoms. The number of anilines is 1. The number of nitrogens with two attached hydrogens (primary N) is 1. The van der Waals surface area contributed by atoms with Crippen LogP contribution in [0.15, 0.2) is 24.3 Å². The Bertz CT molecular complexity index is 541. The molecule has 1 aliphatic rings. The fraction of sp³-hybridized carbons (Fsp3) is 0.500. The van der Waals surface area contributed by atoms with Gasteiger partial charge in [0.2, 0.25) is 5.91 Å². The van der Waals surface area contributed by atoms with E-state index < -0.39 is 4.92 Å². The average Bonchev–Trinajstić information content (AvgIpc) is 2.79. The number of para-hydroxylation sites is 2. The molecule has 3 N–H and O–H groups in total. The van der Waals surface area contributed by atoms with Gasteiger partial charge in [0.15, 0.2) is 0 Å². The fourth-order valence-electron chi connectivity index (χ4n) is 2.72. The van der Waals surface area contributed by atoms with Crippen molar-refractivity contribution in [3.05, 3.63) is 34.4 Å². The molecule has 22 heavy (non-hydrogen) atoms. The molecule has 8 heteroatoms. The van der Waals surface area contributed by atoms with E-state index in [0.717, 1.165) is 13.0 Å². The van der Waals surface area contributed by atoms with Crippen molar-refractivity contribution in [2.24, 2.45) is 11.7 Å². The molecule has 1 aromatic rings. The number of rotatable bonds is 5. The van der Waals surface area contributed by atoms with Crippen molar-refractivity contribution in [3.63, 3.8) is 0 Å². The molecular formula is C14H21ClN4O3. The number of amides is 1. The molecule has 7 nitrogen and oxygen atoms in total. The number of halogens is 1. The van der Waals surface area contributed by atoms with Crippen LogP contribution in [0, 0.1) is 16.0 Å². The van der Waals surface area contributed by atoms with E-state index in [1.807, 2.05) is 0 Å². The van der Waals surface area contributed by atoms with Gasteiger partial charge >= 0.3 is 0 Å². The lowest BCUT2D eigenvalue weighted by Crippen LogP contribution is -2.36. The van der Waals surface area contributed by atoms with Gasteiger partial charge in [-0.3, -0.25) is 19.8 Å². The normalized spacial score (nSPS) is 21.2. The number of hydrogen-bond acceptors (Lipinski definition) is 5. The Kier molecular flexibility index (Phi) is 6.73. The number of likely N-dealkylation sites (tertiary alicyclic amines) is 1. The monoisotopic (exact) mass is 328 g/mol.